The number of rotatable bonds is 3. The van der Waals surface area contributed by atoms with Gasteiger partial charge in [-0.2, -0.15) is 13.2 Å². The van der Waals surface area contributed by atoms with Crippen LogP contribution in [0, 0.1) is 13.8 Å². The van der Waals surface area contributed by atoms with Crippen molar-refractivity contribution < 1.29 is 17.7 Å². The molecule has 1 atom stereocenters. The number of fused-ring (bicyclic) bond motifs is 1. The van der Waals surface area contributed by atoms with Crippen LogP contribution in [-0.4, -0.2) is 38.1 Å². The first-order valence-electron chi connectivity index (χ1n) is 9.15. The van der Waals surface area contributed by atoms with E-state index in [0.717, 1.165) is 31.0 Å². The van der Waals surface area contributed by atoms with Crippen LogP contribution < -0.4 is 0 Å². The molecule has 3 aromatic rings. The van der Waals surface area contributed by atoms with Crippen LogP contribution >= 0.6 is 0 Å². The molecule has 4 heterocycles. The fourth-order valence-electron chi connectivity index (χ4n) is 3.78. The standard InChI is InChI=1S/C19H20F3N5O/c1-11-6-15(19(20,21)22)16-17(26-28-18(16)25-11)14-4-3-5-27(10-14)9-13-7-23-12(2)24-8-13/h6-8,14H,3-5,9-10H2,1-2H3/t14-/m0/s1. The van der Waals surface area contributed by atoms with Gasteiger partial charge in [-0.15, -0.1) is 0 Å². The molecular weight excluding hydrogens is 371 g/mol. The average Bonchev–Trinajstić information content (AvgIpc) is 3.06. The minimum Gasteiger partial charge on any atom is -0.336 e. The van der Waals surface area contributed by atoms with E-state index in [0.29, 0.717) is 24.6 Å². The third-order valence-corrected chi connectivity index (χ3v) is 5.04. The Labute approximate surface area is 159 Å². The van der Waals surface area contributed by atoms with Crippen LogP contribution in [0.4, 0.5) is 13.2 Å². The predicted molar refractivity (Wildman–Crippen MR) is 95.6 cm³/mol. The number of alkyl halides is 3. The number of nitrogens with zero attached hydrogens (tertiary/aromatic N) is 5. The van der Waals surface area contributed by atoms with Crippen molar-refractivity contribution in [2.75, 3.05) is 13.1 Å². The van der Waals surface area contributed by atoms with Gasteiger partial charge in [0.05, 0.1) is 16.6 Å². The summed E-state index contributed by atoms with van der Waals surface area (Å²) in [6.45, 7) is 5.45. The molecule has 28 heavy (non-hydrogen) atoms. The van der Waals surface area contributed by atoms with Gasteiger partial charge in [0.15, 0.2) is 0 Å². The summed E-state index contributed by atoms with van der Waals surface area (Å²) in [5, 5.41) is 3.99. The Kier molecular flexibility index (Phi) is 4.78. The number of hydrogen-bond acceptors (Lipinski definition) is 6. The summed E-state index contributed by atoms with van der Waals surface area (Å²) in [5.74, 6) is 0.559. The maximum atomic E-state index is 13.6. The first-order valence-corrected chi connectivity index (χ1v) is 9.15. The summed E-state index contributed by atoms with van der Waals surface area (Å²) >= 11 is 0. The summed E-state index contributed by atoms with van der Waals surface area (Å²) in [4.78, 5) is 14.7. The molecule has 0 saturated carbocycles. The van der Waals surface area contributed by atoms with Crippen LogP contribution in [0.25, 0.3) is 11.1 Å². The van der Waals surface area contributed by atoms with Crippen molar-refractivity contribution >= 4 is 11.1 Å². The van der Waals surface area contributed by atoms with E-state index in [2.05, 4.69) is 25.0 Å². The zero-order valence-corrected chi connectivity index (χ0v) is 15.6. The van der Waals surface area contributed by atoms with Crippen molar-refractivity contribution in [2.45, 2.75) is 45.3 Å². The highest BCUT2D eigenvalue weighted by molar-refractivity contribution is 5.81. The number of aromatic nitrogens is 4. The molecule has 0 N–H and O–H groups in total. The van der Waals surface area contributed by atoms with Crippen LogP contribution in [0.1, 0.15) is 47.1 Å². The van der Waals surface area contributed by atoms with Crippen LogP contribution in [0.5, 0.6) is 0 Å². The first-order chi connectivity index (χ1) is 13.3. The van der Waals surface area contributed by atoms with Gasteiger partial charge in [0.1, 0.15) is 5.82 Å². The van der Waals surface area contributed by atoms with Gasteiger partial charge in [-0.3, -0.25) is 4.90 Å². The summed E-state index contributed by atoms with van der Waals surface area (Å²) in [6, 6.07) is 1.06. The summed E-state index contributed by atoms with van der Waals surface area (Å²) in [5.41, 5.74) is 0.804. The van der Waals surface area contributed by atoms with Gasteiger partial charge in [-0.25, -0.2) is 15.0 Å². The zero-order valence-electron chi connectivity index (χ0n) is 15.6. The largest absolute Gasteiger partial charge is 0.417 e. The molecule has 0 aromatic carbocycles. The molecule has 6 nitrogen and oxygen atoms in total. The highest BCUT2D eigenvalue weighted by Gasteiger charge is 2.37. The van der Waals surface area contributed by atoms with Crippen LogP contribution in [0.2, 0.25) is 0 Å². The molecule has 0 amide bonds. The minimum absolute atomic E-state index is 0.0105. The minimum atomic E-state index is -4.49. The molecule has 4 rings (SSSR count). The molecule has 0 radical (unpaired) electrons. The van der Waals surface area contributed by atoms with Gasteiger partial charge in [-0.1, -0.05) is 5.16 Å². The van der Waals surface area contributed by atoms with Gasteiger partial charge in [0.2, 0.25) is 0 Å². The molecule has 1 saturated heterocycles. The lowest BCUT2D eigenvalue weighted by molar-refractivity contribution is -0.136. The number of pyridine rings is 1. The van der Waals surface area contributed by atoms with E-state index in [-0.39, 0.29) is 22.7 Å². The second-order valence-corrected chi connectivity index (χ2v) is 7.27. The smallest absolute Gasteiger partial charge is 0.336 e. The van der Waals surface area contributed by atoms with Gasteiger partial charge in [-0.05, 0) is 39.3 Å². The number of aryl methyl sites for hydroxylation is 2. The highest BCUT2D eigenvalue weighted by Crippen LogP contribution is 2.40. The Morgan fingerprint density at radius 1 is 1.21 bits per heavy atom. The molecule has 0 bridgehead atoms. The van der Waals surface area contributed by atoms with Gasteiger partial charge < -0.3 is 4.52 Å². The maximum Gasteiger partial charge on any atom is 0.417 e. The summed E-state index contributed by atoms with van der Waals surface area (Å²) in [7, 11) is 0. The first kappa shape index (κ1) is 18.8. The molecule has 3 aromatic heterocycles. The van der Waals surface area contributed by atoms with Crippen LogP contribution in [0.15, 0.2) is 23.0 Å². The van der Waals surface area contributed by atoms with Crippen molar-refractivity contribution in [3.63, 3.8) is 0 Å². The fraction of sp³-hybridized carbons (Fsp3) is 0.474. The summed E-state index contributed by atoms with van der Waals surface area (Å²) in [6.07, 6.45) is 0.706. The second-order valence-electron chi connectivity index (χ2n) is 7.27. The summed E-state index contributed by atoms with van der Waals surface area (Å²) < 4.78 is 46.0. The van der Waals surface area contributed by atoms with E-state index in [1.54, 1.807) is 12.4 Å². The van der Waals surface area contributed by atoms with E-state index < -0.39 is 11.7 Å². The predicted octanol–water partition coefficient (Wildman–Crippen LogP) is 4.03. The lowest BCUT2D eigenvalue weighted by Crippen LogP contribution is -2.34. The van der Waals surface area contributed by atoms with Crippen molar-refractivity contribution in [1.29, 1.82) is 0 Å². The molecule has 0 unspecified atom stereocenters. The van der Waals surface area contributed by atoms with Crippen LogP contribution in [-0.2, 0) is 12.7 Å². The Hall–Kier alpha value is -2.55. The van der Waals surface area contributed by atoms with Gasteiger partial charge in [0.25, 0.3) is 5.71 Å². The Morgan fingerprint density at radius 2 is 1.96 bits per heavy atom. The van der Waals surface area contributed by atoms with Crippen LogP contribution in [0.3, 0.4) is 0 Å². The highest BCUT2D eigenvalue weighted by atomic mass is 19.4. The lowest BCUT2D eigenvalue weighted by atomic mass is 9.91. The van der Waals surface area contributed by atoms with Crippen molar-refractivity contribution in [3.05, 3.63) is 46.8 Å². The van der Waals surface area contributed by atoms with Gasteiger partial charge in [0, 0.05) is 42.7 Å². The molecule has 0 aliphatic carbocycles. The average molecular weight is 391 g/mol. The Morgan fingerprint density at radius 3 is 2.68 bits per heavy atom. The third kappa shape index (κ3) is 3.71. The van der Waals surface area contributed by atoms with E-state index in [9.17, 15) is 13.2 Å². The monoisotopic (exact) mass is 391 g/mol. The fourth-order valence-corrected chi connectivity index (χ4v) is 3.78. The van der Waals surface area contributed by atoms with E-state index in [1.165, 1.54) is 6.92 Å². The normalized spacial score (nSPS) is 18.7. The zero-order chi connectivity index (χ0) is 19.9. The van der Waals surface area contributed by atoms with E-state index >= 15 is 0 Å². The second kappa shape index (κ2) is 7.12. The third-order valence-electron chi connectivity index (χ3n) is 5.04. The van der Waals surface area contributed by atoms with Crippen molar-refractivity contribution in [1.82, 2.24) is 25.0 Å². The molecular formula is C19H20F3N5O. The number of halogens is 3. The Balaban J connectivity index is 1.63. The van der Waals surface area contributed by atoms with E-state index in [4.69, 9.17) is 4.52 Å². The molecule has 148 valence electrons. The molecule has 1 fully saturated rings. The molecule has 9 heteroatoms. The molecule has 0 spiro atoms. The Bertz CT molecular complexity index is 984. The maximum absolute atomic E-state index is 13.6. The number of likely N-dealkylation sites (tertiary alicyclic amines) is 1. The number of piperidine rings is 1. The van der Waals surface area contributed by atoms with Crippen molar-refractivity contribution in [2.24, 2.45) is 0 Å². The lowest BCUT2D eigenvalue weighted by Gasteiger charge is -2.31. The molecule has 1 aliphatic rings. The van der Waals surface area contributed by atoms with Crippen molar-refractivity contribution in [3.8, 4) is 0 Å². The quantitative estimate of drug-likeness (QED) is 0.672. The topological polar surface area (TPSA) is 67.9 Å². The van der Waals surface area contributed by atoms with Gasteiger partial charge >= 0.3 is 6.18 Å². The molecule has 1 aliphatic heterocycles. The number of hydrogen-bond donors (Lipinski definition) is 0. The SMILES string of the molecule is Cc1cc(C(F)(F)F)c2c([C@H]3CCCN(Cc4cnc(C)nc4)C3)noc2n1. The van der Waals surface area contributed by atoms with E-state index in [1.807, 2.05) is 6.92 Å².